The third-order valence-electron chi connectivity index (χ3n) is 7.76. The van der Waals surface area contributed by atoms with E-state index in [0.717, 1.165) is 41.7 Å². The van der Waals surface area contributed by atoms with Crippen LogP contribution in [-0.2, 0) is 14.8 Å². The minimum atomic E-state index is -3.86. The molecule has 0 aromatic heterocycles. The second kappa shape index (κ2) is 10.6. The van der Waals surface area contributed by atoms with Crippen molar-refractivity contribution in [3.05, 3.63) is 118 Å². The van der Waals surface area contributed by atoms with Crippen molar-refractivity contribution in [2.24, 2.45) is 0 Å². The average Bonchev–Trinajstić information content (AvgIpc) is 3.61. The van der Waals surface area contributed by atoms with Gasteiger partial charge in [-0.05, 0) is 84.7 Å². The number of carbonyl (C=O) groups excluding carboxylic acids is 1. The fourth-order valence-corrected chi connectivity index (χ4v) is 7.70. The van der Waals surface area contributed by atoms with Gasteiger partial charge in [-0.1, -0.05) is 72.3 Å². The first-order valence-electron chi connectivity index (χ1n) is 13.3. The number of hydrogen-bond donors (Lipinski definition) is 1. The van der Waals surface area contributed by atoms with E-state index in [1.165, 1.54) is 22.0 Å². The molecule has 0 unspecified atom stereocenters. The zero-order chi connectivity index (χ0) is 27.0. The number of nitrogens with one attached hydrogen (secondary N) is 1. The van der Waals surface area contributed by atoms with E-state index in [0.29, 0.717) is 24.4 Å². The number of hydrogen-bond acceptors (Lipinski definition) is 4. The van der Waals surface area contributed by atoms with Gasteiger partial charge in [-0.3, -0.25) is 10.2 Å². The average molecular weight is 560 g/mol. The van der Waals surface area contributed by atoms with Gasteiger partial charge in [0.2, 0.25) is 10.0 Å². The summed E-state index contributed by atoms with van der Waals surface area (Å²) in [6, 6.07) is 25.2. The molecule has 1 N–H and O–H groups in total. The Balaban J connectivity index is 1.36. The first-order valence-corrected chi connectivity index (χ1v) is 15.2. The molecule has 200 valence electrons. The molecule has 2 atom stereocenters. The van der Waals surface area contributed by atoms with E-state index in [9.17, 15) is 13.2 Å². The van der Waals surface area contributed by atoms with Crippen molar-refractivity contribution < 1.29 is 13.2 Å². The molecule has 3 aromatic carbocycles. The normalized spacial score (nSPS) is 22.7. The number of carbonyl (C=O) groups is 1. The van der Waals surface area contributed by atoms with Crippen LogP contribution in [0.2, 0.25) is 5.02 Å². The van der Waals surface area contributed by atoms with Crippen LogP contribution >= 0.6 is 11.6 Å². The van der Waals surface area contributed by atoms with Gasteiger partial charge in [0.05, 0.1) is 10.6 Å². The van der Waals surface area contributed by atoms with Crippen LogP contribution < -0.4 is 5.43 Å². The molecule has 6 rings (SSSR count). The monoisotopic (exact) mass is 559 g/mol. The maximum absolute atomic E-state index is 14.3. The van der Waals surface area contributed by atoms with Crippen molar-refractivity contribution in [3.63, 3.8) is 0 Å². The predicted molar refractivity (Wildman–Crippen MR) is 153 cm³/mol. The second-order valence-corrected chi connectivity index (χ2v) is 12.5. The van der Waals surface area contributed by atoms with Crippen LogP contribution in [0.15, 0.2) is 107 Å². The maximum atomic E-state index is 14.3. The Morgan fingerprint density at radius 1 is 0.897 bits per heavy atom. The first kappa shape index (κ1) is 25.9. The Hall–Kier alpha value is -3.39. The SMILES string of the molecule is O=C([C@H]1CCCN1S(=O)(=O)c1ccc(Cl)cc1)N1NC2=C(CCC/C2=C\c2ccccc2)[C@@H]1c1ccccc1. The largest absolute Gasteiger partial charge is 0.295 e. The van der Waals surface area contributed by atoms with E-state index in [1.54, 1.807) is 17.1 Å². The summed E-state index contributed by atoms with van der Waals surface area (Å²) in [5.41, 5.74) is 8.90. The topological polar surface area (TPSA) is 69.7 Å². The Morgan fingerprint density at radius 2 is 1.59 bits per heavy atom. The highest BCUT2D eigenvalue weighted by Gasteiger charge is 2.46. The number of rotatable bonds is 5. The molecule has 0 bridgehead atoms. The summed E-state index contributed by atoms with van der Waals surface area (Å²) < 4.78 is 28.6. The number of allylic oxidation sites excluding steroid dienone is 1. The maximum Gasteiger partial charge on any atom is 0.260 e. The summed E-state index contributed by atoms with van der Waals surface area (Å²) in [5.74, 6) is -0.229. The van der Waals surface area contributed by atoms with Crippen LogP contribution in [0.3, 0.4) is 0 Å². The number of nitrogens with zero attached hydrogens (tertiary/aromatic N) is 2. The molecule has 3 aliphatic rings. The smallest absolute Gasteiger partial charge is 0.260 e. The molecule has 39 heavy (non-hydrogen) atoms. The summed E-state index contributed by atoms with van der Waals surface area (Å²) in [5, 5.41) is 2.15. The standard InChI is InChI=1S/C31H30ClN3O3S/c32-25-16-18-26(19-17-25)39(37,38)34-20-8-15-28(34)31(36)35-30(23-11-5-2-6-12-23)27-14-7-13-24(29(27)33-35)21-22-9-3-1-4-10-22/h1-6,9-12,16-19,21,28,30,33H,7-8,13-15,20H2/b24-21+/t28-,30+/m1/s1. The van der Waals surface area contributed by atoms with Crippen LogP contribution in [0.5, 0.6) is 0 Å². The number of sulfonamides is 1. The molecule has 6 nitrogen and oxygen atoms in total. The van der Waals surface area contributed by atoms with Gasteiger partial charge in [0.15, 0.2) is 0 Å². The summed E-state index contributed by atoms with van der Waals surface area (Å²) in [4.78, 5) is 14.4. The summed E-state index contributed by atoms with van der Waals surface area (Å²) in [7, 11) is -3.86. The molecule has 2 aliphatic heterocycles. The lowest BCUT2D eigenvalue weighted by Crippen LogP contribution is -2.51. The number of halogens is 1. The third-order valence-corrected chi connectivity index (χ3v) is 9.93. The quantitative estimate of drug-likeness (QED) is 0.410. The highest BCUT2D eigenvalue weighted by atomic mass is 35.5. The van der Waals surface area contributed by atoms with Gasteiger partial charge in [-0.25, -0.2) is 13.4 Å². The van der Waals surface area contributed by atoms with Crippen molar-refractivity contribution in [1.82, 2.24) is 14.7 Å². The summed E-state index contributed by atoms with van der Waals surface area (Å²) >= 11 is 6.00. The number of amides is 1. The van der Waals surface area contributed by atoms with Gasteiger partial charge in [0, 0.05) is 11.6 Å². The summed E-state index contributed by atoms with van der Waals surface area (Å²) in [6.07, 6.45) is 6.05. The lowest BCUT2D eigenvalue weighted by molar-refractivity contribution is -0.138. The number of benzene rings is 3. The van der Waals surface area contributed by atoms with Gasteiger partial charge in [-0.2, -0.15) is 4.31 Å². The Labute approximate surface area is 234 Å². The van der Waals surface area contributed by atoms with Crippen LogP contribution in [-0.4, -0.2) is 36.2 Å². The van der Waals surface area contributed by atoms with Crippen molar-refractivity contribution in [1.29, 1.82) is 0 Å². The van der Waals surface area contributed by atoms with E-state index in [4.69, 9.17) is 11.6 Å². The highest BCUT2D eigenvalue weighted by molar-refractivity contribution is 7.89. The number of hydrazine groups is 1. The van der Waals surface area contributed by atoms with Crippen LogP contribution in [0.4, 0.5) is 0 Å². The van der Waals surface area contributed by atoms with Crippen LogP contribution in [0, 0.1) is 0 Å². The van der Waals surface area contributed by atoms with Crippen molar-refractivity contribution >= 4 is 33.6 Å². The molecule has 0 saturated carbocycles. The minimum Gasteiger partial charge on any atom is -0.295 e. The molecule has 1 saturated heterocycles. The van der Waals surface area contributed by atoms with Crippen molar-refractivity contribution in [2.75, 3.05) is 6.54 Å². The molecule has 2 heterocycles. The van der Waals surface area contributed by atoms with Crippen LogP contribution in [0.1, 0.15) is 49.3 Å². The fraction of sp³-hybridized carbons (Fsp3) is 0.258. The molecule has 0 spiro atoms. The molecule has 3 aromatic rings. The van der Waals surface area contributed by atoms with Gasteiger partial charge in [0.1, 0.15) is 12.1 Å². The second-order valence-electron chi connectivity index (χ2n) is 10.2. The molecule has 1 amide bonds. The van der Waals surface area contributed by atoms with Gasteiger partial charge in [-0.15, -0.1) is 0 Å². The molecular formula is C31H30ClN3O3S. The van der Waals surface area contributed by atoms with E-state index in [-0.39, 0.29) is 16.8 Å². The van der Waals surface area contributed by atoms with Gasteiger partial charge in [0.25, 0.3) is 5.91 Å². The molecular weight excluding hydrogens is 530 g/mol. The van der Waals surface area contributed by atoms with Crippen LogP contribution in [0.25, 0.3) is 6.08 Å². The Morgan fingerprint density at radius 3 is 2.31 bits per heavy atom. The van der Waals surface area contributed by atoms with E-state index >= 15 is 0 Å². The highest BCUT2D eigenvalue weighted by Crippen LogP contribution is 2.44. The first-order chi connectivity index (χ1) is 18.9. The van der Waals surface area contributed by atoms with Gasteiger partial charge < -0.3 is 0 Å². The predicted octanol–water partition coefficient (Wildman–Crippen LogP) is 6.10. The van der Waals surface area contributed by atoms with E-state index in [2.05, 4.69) is 23.6 Å². The zero-order valence-electron chi connectivity index (χ0n) is 21.5. The molecule has 1 fully saturated rings. The van der Waals surface area contributed by atoms with E-state index < -0.39 is 16.1 Å². The zero-order valence-corrected chi connectivity index (χ0v) is 23.0. The van der Waals surface area contributed by atoms with Gasteiger partial charge >= 0.3 is 0 Å². The van der Waals surface area contributed by atoms with Crippen molar-refractivity contribution in [2.45, 2.75) is 49.1 Å². The minimum absolute atomic E-state index is 0.145. The molecule has 0 radical (unpaired) electrons. The van der Waals surface area contributed by atoms with Crippen molar-refractivity contribution in [3.8, 4) is 0 Å². The Kier molecular flexibility index (Phi) is 7.06. The molecule has 1 aliphatic carbocycles. The lowest BCUT2D eigenvalue weighted by Gasteiger charge is -2.32. The third kappa shape index (κ3) is 4.91. The molecule has 8 heteroatoms. The summed E-state index contributed by atoms with van der Waals surface area (Å²) in [6.45, 7) is 0.303. The fourth-order valence-electron chi connectivity index (χ4n) is 5.92. The van der Waals surface area contributed by atoms with E-state index in [1.807, 2.05) is 48.5 Å². The lowest BCUT2D eigenvalue weighted by atomic mass is 9.86. The Bertz CT molecular complexity index is 1540.